The monoisotopic (exact) mass is 287 g/mol. The molecule has 6 nitrogen and oxygen atoms in total. The molecule has 2 rings (SSSR count). The van der Waals surface area contributed by atoms with E-state index in [4.69, 9.17) is 22.1 Å². The molecule has 2 aliphatic heterocycles. The number of rotatable bonds is 3. The van der Waals surface area contributed by atoms with Gasteiger partial charge in [-0.1, -0.05) is 13.5 Å². The molecule has 0 aromatic rings. The van der Waals surface area contributed by atoms with Crippen LogP contribution in [0.25, 0.3) is 0 Å². The number of aliphatic hydroxyl groups excluding tert-OH is 2. The average molecular weight is 288 g/mol. The van der Waals surface area contributed by atoms with Gasteiger partial charge in [-0.2, -0.15) is 0 Å². The Kier molecular flexibility index (Phi) is 3.87. The molecule has 0 unspecified atom stereocenters. The van der Waals surface area contributed by atoms with Crippen LogP contribution in [0.5, 0.6) is 0 Å². The quantitative estimate of drug-likeness (QED) is 0.641. The van der Waals surface area contributed by atoms with E-state index >= 15 is 0 Å². The highest BCUT2D eigenvalue weighted by Crippen LogP contribution is 2.39. The first-order chi connectivity index (χ1) is 8.95. The Hall–Kier alpha value is -1.08. The maximum Gasteiger partial charge on any atom is 0.155 e. The van der Waals surface area contributed by atoms with E-state index in [1.54, 1.807) is 17.2 Å². The molecule has 4 atom stereocenters. The lowest BCUT2D eigenvalue weighted by atomic mass is 9.94. The number of aliphatic imine (C=N–C) groups is 1. The van der Waals surface area contributed by atoms with Crippen molar-refractivity contribution in [1.29, 1.82) is 0 Å². The van der Waals surface area contributed by atoms with Crippen LogP contribution in [-0.4, -0.2) is 50.9 Å². The Balaban J connectivity index is 2.24. The van der Waals surface area contributed by atoms with Crippen molar-refractivity contribution in [2.75, 3.05) is 6.61 Å². The molecular weight excluding hydrogens is 270 g/mol. The highest BCUT2D eigenvalue weighted by molar-refractivity contribution is 6.21. The fourth-order valence-corrected chi connectivity index (χ4v) is 2.69. The fraction of sp³-hybridized carbons (Fsp3) is 0.583. The number of nitrogens with zero attached hydrogens (tertiary/aromatic N) is 2. The molecule has 0 aromatic heterocycles. The molecule has 0 amide bonds. The summed E-state index contributed by atoms with van der Waals surface area (Å²) in [5.74, 6) is 0.725. The molecule has 0 saturated carbocycles. The number of aliphatic hydroxyl groups is 2. The highest BCUT2D eigenvalue weighted by atomic mass is 35.5. The predicted octanol–water partition coefficient (Wildman–Crippen LogP) is 0.110. The molecule has 1 fully saturated rings. The number of alkyl halides is 1. The lowest BCUT2D eigenvalue weighted by Gasteiger charge is -2.32. The fourth-order valence-electron chi connectivity index (χ4n) is 2.29. The van der Waals surface area contributed by atoms with Gasteiger partial charge >= 0.3 is 0 Å². The molecule has 0 spiro atoms. The second-order valence-electron chi connectivity index (χ2n) is 4.65. The lowest BCUT2D eigenvalue weighted by molar-refractivity contribution is -0.135. The van der Waals surface area contributed by atoms with Crippen molar-refractivity contribution in [2.24, 2.45) is 10.7 Å². The van der Waals surface area contributed by atoms with Gasteiger partial charge in [0.05, 0.1) is 6.61 Å². The first kappa shape index (κ1) is 14.3. The van der Waals surface area contributed by atoms with Crippen molar-refractivity contribution in [1.82, 2.24) is 4.90 Å². The molecule has 1 saturated heterocycles. The Bertz CT molecular complexity index is 434. The van der Waals surface area contributed by atoms with E-state index in [0.717, 1.165) is 0 Å². The summed E-state index contributed by atoms with van der Waals surface area (Å²) in [7, 11) is 0. The van der Waals surface area contributed by atoms with Gasteiger partial charge in [-0.25, -0.2) is 4.99 Å². The molecule has 0 radical (unpaired) electrons. The minimum absolute atomic E-state index is 0.306. The summed E-state index contributed by atoms with van der Waals surface area (Å²) in [5.41, 5.74) is 4.51. The second-order valence-corrected chi connectivity index (χ2v) is 5.15. The van der Waals surface area contributed by atoms with E-state index in [9.17, 15) is 10.2 Å². The van der Waals surface area contributed by atoms with Crippen molar-refractivity contribution >= 4 is 17.4 Å². The highest BCUT2D eigenvalue weighted by Gasteiger charge is 2.54. The Morgan fingerprint density at radius 1 is 1.68 bits per heavy atom. The van der Waals surface area contributed by atoms with Crippen LogP contribution in [0, 0.1) is 0 Å². The predicted molar refractivity (Wildman–Crippen MR) is 72.4 cm³/mol. The molecule has 2 heterocycles. The first-order valence-corrected chi connectivity index (χ1v) is 6.49. The SMILES string of the molecule is C=C1N=C(N)C=CN1[C@@H]1O[C@](CC)(CO)[C@@H](O)[C@H]1Cl. The normalized spacial score (nSPS) is 38.7. The van der Waals surface area contributed by atoms with Crippen molar-refractivity contribution in [2.45, 2.75) is 36.7 Å². The summed E-state index contributed by atoms with van der Waals surface area (Å²) in [6.45, 7) is 5.29. The number of amidine groups is 1. The van der Waals surface area contributed by atoms with E-state index in [2.05, 4.69) is 11.6 Å². The van der Waals surface area contributed by atoms with Crippen LogP contribution in [0.1, 0.15) is 13.3 Å². The van der Waals surface area contributed by atoms with E-state index in [0.29, 0.717) is 18.1 Å². The van der Waals surface area contributed by atoms with E-state index in [1.165, 1.54) is 0 Å². The van der Waals surface area contributed by atoms with Gasteiger partial charge in [0, 0.05) is 6.20 Å². The van der Waals surface area contributed by atoms with Crippen LogP contribution in [0.2, 0.25) is 0 Å². The summed E-state index contributed by atoms with van der Waals surface area (Å²) in [4.78, 5) is 5.63. The van der Waals surface area contributed by atoms with Crippen molar-refractivity contribution in [3.8, 4) is 0 Å². The van der Waals surface area contributed by atoms with Gasteiger partial charge in [0.25, 0.3) is 0 Å². The molecule has 2 aliphatic rings. The van der Waals surface area contributed by atoms with Gasteiger partial charge in [0.1, 0.15) is 28.7 Å². The molecule has 0 aromatic carbocycles. The average Bonchev–Trinajstić information content (AvgIpc) is 2.64. The Morgan fingerprint density at radius 2 is 2.37 bits per heavy atom. The van der Waals surface area contributed by atoms with Gasteiger partial charge < -0.3 is 25.6 Å². The molecule has 19 heavy (non-hydrogen) atoms. The van der Waals surface area contributed by atoms with Crippen LogP contribution in [-0.2, 0) is 4.74 Å². The van der Waals surface area contributed by atoms with E-state index < -0.39 is 23.3 Å². The summed E-state index contributed by atoms with van der Waals surface area (Å²) < 4.78 is 5.79. The summed E-state index contributed by atoms with van der Waals surface area (Å²) >= 11 is 6.22. The maximum absolute atomic E-state index is 10.2. The van der Waals surface area contributed by atoms with Gasteiger partial charge in [-0.15, -0.1) is 11.6 Å². The number of ether oxygens (including phenoxy) is 1. The molecule has 0 aliphatic carbocycles. The van der Waals surface area contributed by atoms with E-state index in [-0.39, 0.29) is 6.61 Å². The van der Waals surface area contributed by atoms with Crippen LogP contribution in [0.15, 0.2) is 29.7 Å². The topological polar surface area (TPSA) is 91.3 Å². The number of nitrogens with two attached hydrogens (primary N) is 1. The van der Waals surface area contributed by atoms with Crippen LogP contribution < -0.4 is 5.73 Å². The van der Waals surface area contributed by atoms with E-state index in [1.807, 2.05) is 6.92 Å². The third kappa shape index (κ3) is 2.25. The van der Waals surface area contributed by atoms with Crippen LogP contribution in [0.4, 0.5) is 0 Å². The summed E-state index contributed by atoms with van der Waals surface area (Å²) in [5, 5.41) is 19.0. The smallest absolute Gasteiger partial charge is 0.155 e. The van der Waals surface area contributed by atoms with Gasteiger partial charge in [0.15, 0.2) is 6.23 Å². The van der Waals surface area contributed by atoms with Crippen LogP contribution >= 0.6 is 11.6 Å². The third-order valence-electron chi connectivity index (χ3n) is 3.57. The van der Waals surface area contributed by atoms with Gasteiger partial charge in [-0.05, 0) is 12.5 Å². The Labute approximate surface area is 116 Å². The first-order valence-electron chi connectivity index (χ1n) is 6.05. The Morgan fingerprint density at radius 3 is 2.84 bits per heavy atom. The zero-order valence-corrected chi connectivity index (χ0v) is 11.4. The summed E-state index contributed by atoms with van der Waals surface area (Å²) in [6.07, 6.45) is 2.07. The minimum Gasteiger partial charge on any atom is -0.393 e. The van der Waals surface area contributed by atoms with Crippen molar-refractivity contribution in [3.63, 3.8) is 0 Å². The largest absolute Gasteiger partial charge is 0.393 e. The number of halogens is 1. The van der Waals surface area contributed by atoms with Crippen molar-refractivity contribution < 1.29 is 14.9 Å². The molecule has 7 heteroatoms. The standard InChI is InChI=1S/C12H18ClN3O3/c1-3-12(6-17)10(18)9(13)11(19-12)16-5-4-8(14)15-7(16)2/h4-5,9-11,17-18H,2-3,6H2,1H3,(H2,14,15)/t9-,10+,11-,12-/m1/s1. The maximum atomic E-state index is 10.2. The molecule has 4 N–H and O–H groups in total. The third-order valence-corrected chi connectivity index (χ3v) is 4.03. The number of hydrogen-bond acceptors (Lipinski definition) is 6. The van der Waals surface area contributed by atoms with Gasteiger partial charge in [0.2, 0.25) is 0 Å². The molecule has 0 bridgehead atoms. The molecular formula is C12H18ClN3O3. The van der Waals surface area contributed by atoms with Crippen molar-refractivity contribution in [3.05, 3.63) is 24.7 Å². The van der Waals surface area contributed by atoms with Crippen LogP contribution in [0.3, 0.4) is 0 Å². The zero-order valence-electron chi connectivity index (χ0n) is 10.7. The summed E-state index contributed by atoms with van der Waals surface area (Å²) in [6, 6.07) is 0. The zero-order chi connectivity index (χ0) is 14.2. The lowest BCUT2D eigenvalue weighted by Crippen LogP contribution is -2.44. The second kappa shape index (κ2) is 5.13. The molecule has 106 valence electrons. The minimum atomic E-state index is -1.06. The van der Waals surface area contributed by atoms with Gasteiger partial charge in [-0.3, -0.25) is 0 Å². The number of hydrogen-bond donors (Lipinski definition) is 3.